The molecule has 1 aromatic carbocycles. The number of alkyl halides is 5. The lowest BCUT2D eigenvalue weighted by atomic mass is 9.98. The zero-order valence-corrected chi connectivity index (χ0v) is 24.7. The van der Waals surface area contributed by atoms with Crippen molar-refractivity contribution < 1.29 is 41.4 Å². The normalized spacial score (nSPS) is 16.3. The number of hydrogen-bond donors (Lipinski definition) is 6. The molecule has 46 heavy (non-hydrogen) atoms. The number of carbonyl (C=O) groups is 3. The van der Waals surface area contributed by atoms with E-state index in [4.69, 9.17) is 11.6 Å². The highest BCUT2D eigenvalue weighted by atomic mass is 35.5. The van der Waals surface area contributed by atoms with E-state index in [1.54, 1.807) is 4.90 Å². The Balaban J connectivity index is 1.16. The first kappa shape index (κ1) is 33.1. The largest absolute Gasteiger partial charge is 0.435 e. The van der Waals surface area contributed by atoms with Gasteiger partial charge in [0.1, 0.15) is 5.60 Å². The van der Waals surface area contributed by atoms with E-state index in [2.05, 4.69) is 31.0 Å². The van der Waals surface area contributed by atoms with Crippen molar-refractivity contribution in [1.82, 2.24) is 40.6 Å². The number of nitrogens with zero attached hydrogens (tertiary/aromatic N) is 4. The Bertz CT molecular complexity index is 1600. The van der Waals surface area contributed by atoms with Crippen molar-refractivity contribution in [3.8, 4) is 0 Å². The molecule has 0 aliphatic carbocycles. The number of aromatic nitrogens is 4. The van der Waals surface area contributed by atoms with Crippen molar-refractivity contribution >= 4 is 35.1 Å². The Labute approximate surface area is 262 Å². The Morgan fingerprint density at radius 3 is 2.41 bits per heavy atom. The van der Waals surface area contributed by atoms with Crippen LogP contribution in [0.1, 0.15) is 43.6 Å². The second-order valence-corrected chi connectivity index (χ2v) is 11.4. The number of anilines is 1. The minimum absolute atomic E-state index is 0.0386. The third-order valence-electron chi connectivity index (χ3n) is 7.58. The summed E-state index contributed by atoms with van der Waals surface area (Å²) in [6.07, 6.45) is -8.13. The average Bonchev–Trinajstić information content (AvgIpc) is 3.62. The molecular weight excluding hydrogens is 645 g/mol. The van der Waals surface area contributed by atoms with E-state index in [0.29, 0.717) is 13.1 Å². The molecule has 2 aliphatic rings. The molecule has 6 N–H and O–H groups in total. The topological polar surface area (TPSA) is 171 Å². The van der Waals surface area contributed by atoms with Gasteiger partial charge in [-0.25, -0.2) is 18.6 Å². The van der Waals surface area contributed by atoms with E-state index >= 15 is 0 Å². The predicted octanol–water partition coefficient (Wildman–Crippen LogP) is 2.26. The second-order valence-electron chi connectivity index (χ2n) is 11.0. The Hall–Kier alpha value is -4.29. The predicted molar refractivity (Wildman–Crippen MR) is 153 cm³/mol. The van der Waals surface area contributed by atoms with E-state index in [-0.39, 0.29) is 78.1 Å². The van der Waals surface area contributed by atoms with Crippen LogP contribution in [0.15, 0.2) is 24.4 Å². The molecule has 0 saturated carbocycles. The third-order valence-corrected chi connectivity index (χ3v) is 7.89. The fraction of sp³-hybridized carbons (Fsp3) is 0.444. The van der Waals surface area contributed by atoms with Crippen molar-refractivity contribution in [2.75, 3.05) is 51.1 Å². The van der Waals surface area contributed by atoms with Crippen LogP contribution >= 0.6 is 11.6 Å². The summed E-state index contributed by atoms with van der Waals surface area (Å²) in [5.74, 6) is -1.41. The molecule has 248 valence electrons. The summed E-state index contributed by atoms with van der Waals surface area (Å²) in [7, 11) is 0. The molecular formula is C27H29ClF5N9O4. The van der Waals surface area contributed by atoms with Crippen LogP contribution in [-0.4, -0.2) is 111 Å². The van der Waals surface area contributed by atoms with Crippen LogP contribution in [0.25, 0.3) is 0 Å². The van der Waals surface area contributed by atoms with Crippen LogP contribution in [0, 0.1) is 0 Å². The van der Waals surface area contributed by atoms with Crippen LogP contribution in [-0.2, 0) is 19.0 Å². The van der Waals surface area contributed by atoms with Gasteiger partial charge in [0, 0.05) is 74.5 Å². The smallest absolute Gasteiger partial charge is 0.385 e. The van der Waals surface area contributed by atoms with Gasteiger partial charge in [-0.15, -0.1) is 0 Å². The molecule has 0 spiro atoms. The molecule has 0 radical (unpaired) electrons. The van der Waals surface area contributed by atoms with Gasteiger partial charge in [0.2, 0.25) is 6.43 Å². The Morgan fingerprint density at radius 2 is 1.80 bits per heavy atom. The first-order valence-corrected chi connectivity index (χ1v) is 14.4. The van der Waals surface area contributed by atoms with Gasteiger partial charge in [-0.3, -0.25) is 14.7 Å². The summed E-state index contributed by atoms with van der Waals surface area (Å²) < 4.78 is 66.0. The standard InChI is InChI=1S/C27H29ClF5N9O4/c28-18-8-14(1-2-16(18)24(44)41-3-5-42(6-4-41)25(45)36-13-26(46)11-34-12-26)38-23(43)22-35-10-15(37-22)7-17-19(9-20(29)30)39-40-21(17)27(31,32)33/h1-2,8,10,20,34,46H,3-7,9,11-13H2,(H,35,37)(H,36,45)(H,38,43)(H,39,40). The van der Waals surface area contributed by atoms with Crippen LogP contribution in [0.5, 0.6) is 0 Å². The number of urea groups is 1. The number of halogens is 6. The van der Waals surface area contributed by atoms with Gasteiger partial charge in [0.15, 0.2) is 11.5 Å². The average molecular weight is 674 g/mol. The number of benzene rings is 1. The quantitative estimate of drug-likeness (QED) is 0.189. The summed E-state index contributed by atoms with van der Waals surface area (Å²) in [4.78, 5) is 47.9. The van der Waals surface area contributed by atoms with Crippen LogP contribution < -0.4 is 16.0 Å². The van der Waals surface area contributed by atoms with Crippen LogP contribution in [0.3, 0.4) is 0 Å². The Morgan fingerprint density at radius 1 is 1.11 bits per heavy atom. The maximum atomic E-state index is 13.4. The molecule has 13 nitrogen and oxygen atoms in total. The number of hydrogen-bond acceptors (Lipinski definition) is 7. The molecule has 2 aliphatic heterocycles. The number of carbonyl (C=O) groups excluding carboxylic acids is 3. The van der Waals surface area contributed by atoms with E-state index in [1.807, 2.05) is 5.10 Å². The van der Waals surface area contributed by atoms with E-state index in [9.17, 15) is 41.4 Å². The number of aromatic amines is 2. The van der Waals surface area contributed by atoms with E-state index < -0.39 is 48.2 Å². The number of nitrogens with one attached hydrogen (secondary N) is 5. The Kier molecular flexibility index (Phi) is 9.50. The van der Waals surface area contributed by atoms with Gasteiger partial charge in [0.25, 0.3) is 11.8 Å². The number of rotatable bonds is 9. The fourth-order valence-electron chi connectivity index (χ4n) is 5.03. The van der Waals surface area contributed by atoms with Crippen molar-refractivity contribution in [2.45, 2.75) is 31.0 Å². The molecule has 0 bridgehead atoms. The molecule has 19 heteroatoms. The summed E-state index contributed by atoms with van der Waals surface area (Å²) in [6.45, 7) is 1.97. The number of H-pyrrole nitrogens is 2. The molecule has 2 fully saturated rings. The maximum absolute atomic E-state index is 13.4. The molecule has 4 heterocycles. The van der Waals surface area contributed by atoms with Gasteiger partial charge in [-0.2, -0.15) is 18.3 Å². The molecule has 4 amide bonds. The summed E-state index contributed by atoms with van der Waals surface area (Å²) in [5.41, 5.74) is -2.74. The summed E-state index contributed by atoms with van der Waals surface area (Å²) in [6, 6.07) is 3.86. The lowest BCUT2D eigenvalue weighted by Gasteiger charge is -2.39. The number of β-amino-alcohol motifs (C(OH)–C–C–N with tert-alkyl or cyclic N) is 1. The number of piperazine rings is 1. The number of imidazole rings is 1. The summed E-state index contributed by atoms with van der Waals surface area (Å²) >= 11 is 6.36. The highest BCUT2D eigenvalue weighted by Crippen LogP contribution is 2.33. The minimum Gasteiger partial charge on any atom is -0.385 e. The van der Waals surface area contributed by atoms with Gasteiger partial charge in [-0.1, -0.05) is 11.6 Å². The lowest BCUT2D eigenvalue weighted by Crippen LogP contribution is -2.65. The van der Waals surface area contributed by atoms with Gasteiger partial charge in [-0.05, 0) is 18.2 Å². The maximum Gasteiger partial charge on any atom is 0.435 e. The molecule has 5 rings (SSSR count). The van der Waals surface area contributed by atoms with Crippen molar-refractivity contribution in [3.05, 3.63) is 63.5 Å². The first-order valence-electron chi connectivity index (χ1n) is 14.0. The molecule has 2 saturated heterocycles. The fourth-order valence-corrected chi connectivity index (χ4v) is 5.30. The number of aliphatic hydroxyl groups is 1. The van der Waals surface area contributed by atoms with E-state index in [1.165, 1.54) is 23.1 Å². The third kappa shape index (κ3) is 7.56. The molecule has 3 aromatic rings. The molecule has 0 unspecified atom stereocenters. The van der Waals surface area contributed by atoms with Gasteiger partial charge >= 0.3 is 12.2 Å². The molecule has 0 atom stereocenters. The van der Waals surface area contributed by atoms with Gasteiger partial charge < -0.3 is 35.8 Å². The first-order chi connectivity index (χ1) is 21.7. The van der Waals surface area contributed by atoms with Crippen LogP contribution in [0.4, 0.5) is 32.4 Å². The highest BCUT2D eigenvalue weighted by Gasteiger charge is 2.38. The zero-order valence-electron chi connectivity index (χ0n) is 24.0. The second kappa shape index (κ2) is 13.2. The van der Waals surface area contributed by atoms with Crippen molar-refractivity contribution in [2.24, 2.45) is 0 Å². The highest BCUT2D eigenvalue weighted by molar-refractivity contribution is 6.34. The van der Waals surface area contributed by atoms with Crippen molar-refractivity contribution in [1.29, 1.82) is 0 Å². The molecule has 2 aromatic heterocycles. The van der Waals surface area contributed by atoms with Crippen molar-refractivity contribution in [3.63, 3.8) is 0 Å². The monoisotopic (exact) mass is 673 g/mol. The van der Waals surface area contributed by atoms with Crippen LogP contribution in [0.2, 0.25) is 5.02 Å². The summed E-state index contributed by atoms with van der Waals surface area (Å²) in [5, 5.41) is 23.5. The SMILES string of the molecule is O=C(Nc1ccc(C(=O)N2CCN(C(=O)NCC3(O)CNC3)CC2)c(Cl)c1)c1ncc(Cc2c(C(F)(F)F)n[nH]c2CC(F)F)[nH]1. The minimum atomic E-state index is -4.89. The van der Waals surface area contributed by atoms with Gasteiger partial charge in [0.05, 0.1) is 23.6 Å². The lowest BCUT2D eigenvalue weighted by molar-refractivity contribution is -0.141. The number of amides is 4. The van der Waals surface area contributed by atoms with E-state index in [0.717, 1.165) is 6.20 Å². The zero-order chi connectivity index (χ0) is 33.2.